The van der Waals surface area contributed by atoms with Gasteiger partial charge in [-0.1, -0.05) is 12.1 Å². The molecule has 1 amide bonds. The van der Waals surface area contributed by atoms with E-state index in [2.05, 4.69) is 10.3 Å². The van der Waals surface area contributed by atoms with E-state index in [1.54, 1.807) is 31.2 Å². The van der Waals surface area contributed by atoms with Crippen LogP contribution in [0, 0.1) is 12.7 Å². The van der Waals surface area contributed by atoms with Crippen LogP contribution in [0.4, 0.5) is 4.39 Å². The maximum Gasteiger partial charge on any atom is 0.260 e. The molecule has 0 radical (unpaired) electrons. The number of aromatic nitrogens is 1. The largest absolute Gasteiger partial charge is 0.490 e. The number of para-hydroxylation sites is 1. The molecule has 0 spiro atoms. The molecule has 1 aromatic carbocycles. The van der Waals surface area contributed by atoms with Crippen molar-refractivity contribution in [3.8, 4) is 5.75 Å². The topological polar surface area (TPSA) is 71.2 Å². The summed E-state index contributed by atoms with van der Waals surface area (Å²) in [6.45, 7) is 2.34. The van der Waals surface area contributed by atoms with Gasteiger partial charge in [-0.25, -0.2) is 4.39 Å². The summed E-state index contributed by atoms with van der Waals surface area (Å²) in [6, 6.07) is 9.28. The van der Waals surface area contributed by atoms with Crippen LogP contribution in [0.3, 0.4) is 0 Å². The molecule has 0 fully saturated rings. The number of hydrogen-bond acceptors (Lipinski definition) is 3. The number of carbonyl (C=O) groups excluding carboxylic acids is 1. The van der Waals surface area contributed by atoms with E-state index in [4.69, 9.17) is 4.74 Å². The molecule has 5 nitrogen and oxygen atoms in total. The lowest BCUT2D eigenvalue weighted by Gasteiger charge is -2.08. The third-order valence-corrected chi connectivity index (χ3v) is 3.00. The number of hydrogen-bond donors (Lipinski definition) is 2. The van der Waals surface area contributed by atoms with Crippen LogP contribution in [0.5, 0.6) is 5.75 Å². The van der Waals surface area contributed by atoms with Crippen molar-refractivity contribution in [3.05, 3.63) is 63.8 Å². The van der Waals surface area contributed by atoms with Gasteiger partial charge < -0.3 is 15.0 Å². The maximum absolute atomic E-state index is 13.3. The van der Waals surface area contributed by atoms with Gasteiger partial charge in [0.1, 0.15) is 5.56 Å². The van der Waals surface area contributed by atoms with Gasteiger partial charge in [-0.3, -0.25) is 9.59 Å². The molecule has 0 unspecified atom stereocenters. The Bertz CT molecular complexity index is 713. The minimum absolute atomic E-state index is 0.0700. The standard InChI is InChI=1S/C16H17FN2O3/c1-11-7-8-12(16(21)19-11)15(20)18-9-4-10-22-14-6-3-2-5-13(14)17/h2-3,5-8H,4,9-10H2,1H3,(H,18,20)(H,19,21). The molecule has 1 aromatic heterocycles. The number of benzene rings is 1. The highest BCUT2D eigenvalue weighted by Gasteiger charge is 2.09. The summed E-state index contributed by atoms with van der Waals surface area (Å²) in [6.07, 6.45) is 0.504. The van der Waals surface area contributed by atoms with Crippen LogP contribution in [-0.2, 0) is 0 Å². The minimum atomic E-state index is -0.438. The average Bonchev–Trinajstić information content (AvgIpc) is 2.48. The number of amides is 1. The van der Waals surface area contributed by atoms with E-state index in [-0.39, 0.29) is 17.9 Å². The van der Waals surface area contributed by atoms with Crippen molar-refractivity contribution in [1.82, 2.24) is 10.3 Å². The van der Waals surface area contributed by atoms with Gasteiger partial charge in [0.05, 0.1) is 6.61 Å². The van der Waals surface area contributed by atoms with Gasteiger partial charge in [-0.15, -0.1) is 0 Å². The third-order valence-electron chi connectivity index (χ3n) is 3.00. The molecule has 0 saturated heterocycles. The zero-order chi connectivity index (χ0) is 15.9. The molecule has 2 N–H and O–H groups in total. The lowest BCUT2D eigenvalue weighted by atomic mass is 10.2. The fourth-order valence-electron chi connectivity index (χ4n) is 1.86. The van der Waals surface area contributed by atoms with Crippen LogP contribution in [-0.4, -0.2) is 24.0 Å². The Kier molecular flexibility index (Phi) is 5.30. The first-order chi connectivity index (χ1) is 10.6. The van der Waals surface area contributed by atoms with Crippen LogP contribution >= 0.6 is 0 Å². The SMILES string of the molecule is Cc1ccc(C(=O)NCCCOc2ccccc2F)c(=O)[nH]1. The van der Waals surface area contributed by atoms with Crippen LogP contribution < -0.4 is 15.6 Å². The zero-order valence-corrected chi connectivity index (χ0v) is 12.2. The van der Waals surface area contributed by atoms with Crippen molar-refractivity contribution in [1.29, 1.82) is 0 Å². The van der Waals surface area contributed by atoms with E-state index in [0.717, 1.165) is 0 Å². The molecule has 0 bridgehead atoms. The Balaban J connectivity index is 1.76. The summed E-state index contributed by atoms with van der Waals surface area (Å²) >= 11 is 0. The molecule has 2 rings (SSSR count). The number of nitrogens with one attached hydrogen (secondary N) is 2. The second-order valence-corrected chi connectivity index (χ2v) is 4.77. The lowest BCUT2D eigenvalue weighted by molar-refractivity contribution is 0.0950. The van der Waals surface area contributed by atoms with Crippen molar-refractivity contribution in [2.45, 2.75) is 13.3 Å². The zero-order valence-electron chi connectivity index (χ0n) is 12.2. The number of ether oxygens (including phenoxy) is 1. The highest BCUT2D eigenvalue weighted by molar-refractivity contribution is 5.93. The predicted molar refractivity (Wildman–Crippen MR) is 80.6 cm³/mol. The van der Waals surface area contributed by atoms with E-state index in [9.17, 15) is 14.0 Å². The molecule has 116 valence electrons. The first kappa shape index (κ1) is 15.8. The monoisotopic (exact) mass is 304 g/mol. The Morgan fingerprint density at radius 3 is 2.77 bits per heavy atom. The summed E-state index contributed by atoms with van der Waals surface area (Å²) in [4.78, 5) is 26.0. The van der Waals surface area contributed by atoms with Gasteiger partial charge in [-0.2, -0.15) is 0 Å². The summed E-state index contributed by atoms with van der Waals surface area (Å²) in [5.41, 5.74) is 0.348. The molecular weight excluding hydrogens is 287 g/mol. The molecule has 2 aromatic rings. The van der Waals surface area contributed by atoms with Crippen LogP contribution in [0.2, 0.25) is 0 Å². The van der Waals surface area contributed by atoms with Gasteiger partial charge in [0.25, 0.3) is 11.5 Å². The van der Waals surface area contributed by atoms with Gasteiger partial charge >= 0.3 is 0 Å². The number of H-pyrrole nitrogens is 1. The Morgan fingerprint density at radius 1 is 1.27 bits per heavy atom. The third kappa shape index (κ3) is 4.18. The Morgan fingerprint density at radius 2 is 2.05 bits per heavy atom. The number of aromatic amines is 1. The van der Waals surface area contributed by atoms with E-state index in [1.807, 2.05) is 0 Å². The summed E-state index contributed by atoms with van der Waals surface area (Å²) in [5, 5.41) is 2.63. The number of pyridine rings is 1. The van der Waals surface area contributed by atoms with Crippen molar-refractivity contribution in [3.63, 3.8) is 0 Å². The molecule has 0 aliphatic carbocycles. The second kappa shape index (κ2) is 7.40. The molecule has 0 atom stereocenters. The van der Waals surface area contributed by atoms with Gasteiger partial charge in [0, 0.05) is 12.2 Å². The van der Waals surface area contributed by atoms with Gasteiger partial charge in [-0.05, 0) is 37.6 Å². The smallest absolute Gasteiger partial charge is 0.260 e. The molecular formula is C16H17FN2O3. The summed E-state index contributed by atoms with van der Waals surface area (Å²) in [7, 11) is 0. The summed E-state index contributed by atoms with van der Waals surface area (Å²) < 4.78 is 18.6. The van der Waals surface area contributed by atoms with Crippen molar-refractivity contribution >= 4 is 5.91 Å². The minimum Gasteiger partial charge on any atom is -0.490 e. The Labute approximate surface area is 127 Å². The first-order valence-electron chi connectivity index (χ1n) is 6.93. The molecule has 0 aliphatic heterocycles. The average molecular weight is 304 g/mol. The van der Waals surface area contributed by atoms with Crippen molar-refractivity contribution in [2.24, 2.45) is 0 Å². The van der Waals surface area contributed by atoms with Gasteiger partial charge in [0.15, 0.2) is 11.6 Å². The van der Waals surface area contributed by atoms with Crippen LogP contribution in [0.15, 0.2) is 41.2 Å². The van der Waals surface area contributed by atoms with E-state index < -0.39 is 17.3 Å². The quantitative estimate of drug-likeness (QED) is 0.802. The number of rotatable bonds is 6. The predicted octanol–water partition coefficient (Wildman–Crippen LogP) is 2.02. The summed E-state index contributed by atoms with van der Waals surface area (Å²) in [5.74, 6) is -0.673. The number of aryl methyl sites for hydroxylation is 1. The van der Waals surface area contributed by atoms with Crippen molar-refractivity contribution < 1.29 is 13.9 Å². The normalized spacial score (nSPS) is 10.3. The Hall–Kier alpha value is -2.63. The van der Waals surface area contributed by atoms with Gasteiger partial charge in [0.2, 0.25) is 0 Å². The molecule has 6 heteroatoms. The van der Waals surface area contributed by atoms with Crippen LogP contribution in [0.1, 0.15) is 22.5 Å². The van der Waals surface area contributed by atoms with Crippen molar-refractivity contribution in [2.75, 3.05) is 13.2 Å². The molecule has 0 aliphatic rings. The van der Waals surface area contributed by atoms with E-state index in [1.165, 1.54) is 12.1 Å². The second-order valence-electron chi connectivity index (χ2n) is 4.77. The fourth-order valence-corrected chi connectivity index (χ4v) is 1.86. The van der Waals surface area contributed by atoms with Crippen LogP contribution in [0.25, 0.3) is 0 Å². The molecule has 1 heterocycles. The highest BCUT2D eigenvalue weighted by Crippen LogP contribution is 2.15. The lowest BCUT2D eigenvalue weighted by Crippen LogP contribution is -2.31. The fraction of sp³-hybridized carbons (Fsp3) is 0.250. The highest BCUT2D eigenvalue weighted by atomic mass is 19.1. The first-order valence-corrected chi connectivity index (χ1v) is 6.93. The molecule has 0 saturated carbocycles. The number of halogens is 1. The number of carbonyl (C=O) groups is 1. The molecule has 22 heavy (non-hydrogen) atoms. The van der Waals surface area contributed by atoms with E-state index in [0.29, 0.717) is 18.7 Å². The van der Waals surface area contributed by atoms with E-state index >= 15 is 0 Å². The maximum atomic E-state index is 13.3.